The summed E-state index contributed by atoms with van der Waals surface area (Å²) in [4.78, 5) is 16.8. The van der Waals surface area contributed by atoms with Crippen LogP contribution >= 0.6 is 0 Å². The highest BCUT2D eigenvalue weighted by Gasteiger charge is 2.31. The molecule has 162 valence electrons. The second kappa shape index (κ2) is 9.25. The standard InChI is InChI=1S/C21H23F3N2O4/c1-28-18-11-16(12-19(13-18)29-2)20(27)26-9-7-25(8-10-26)14-15-3-5-17(6-4-15)30-21(22,23)24/h3-6,11-13H,7-10,14H2,1-2H3. The second-order valence-electron chi connectivity index (χ2n) is 6.86. The van der Waals surface area contributed by atoms with Gasteiger partial charge >= 0.3 is 6.36 Å². The van der Waals surface area contributed by atoms with Gasteiger partial charge in [-0.2, -0.15) is 0 Å². The third-order valence-corrected chi connectivity index (χ3v) is 4.82. The number of carbonyl (C=O) groups is 1. The van der Waals surface area contributed by atoms with E-state index in [2.05, 4.69) is 9.64 Å². The summed E-state index contributed by atoms with van der Waals surface area (Å²) in [6.07, 6.45) is -4.70. The summed E-state index contributed by atoms with van der Waals surface area (Å²) in [6.45, 7) is 3.00. The van der Waals surface area contributed by atoms with E-state index in [-0.39, 0.29) is 11.7 Å². The minimum atomic E-state index is -4.70. The SMILES string of the molecule is COc1cc(OC)cc(C(=O)N2CCN(Cc3ccc(OC(F)(F)F)cc3)CC2)c1. The van der Waals surface area contributed by atoms with Crippen molar-refractivity contribution in [2.45, 2.75) is 12.9 Å². The maximum atomic E-state index is 12.8. The molecule has 0 N–H and O–H groups in total. The zero-order valence-electron chi connectivity index (χ0n) is 16.7. The quantitative estimate of drug-likeness (QED) is 0.710. The number of methoxy groups -OCH3 is 2. The molecule has 0 aromatic heterocycles. The van der Waals surface area contributed by atoms with Crippen LogP contribution in [0.1, 0.15) is 15.9 Å². The molecular weight excluding hydrogens is 401 g/mol. The fourth-order valence-corrected chi connectivity index (χ4v) is 3.28. The van der Waals surface area contributed by atoms with Crippen LogP contribution in [0.15, 0.2) is 42.5 Å². The van der Waals surface area contributed by atoms with Crippen molar-refractivity contribution in [1.82, 2.24) is 9.80 Å². The molecule has 1 amide bonds. The number of rotatable bonds is 6. The zero-order valence-corrected chi connectivity index (χ0v) is 16.7. The molecule has 0 radical (unpaired) electrons. The van der Waals surface area contributed by atoms with Crippen LogP contribution in [0.4, 0.5) is 13.2 Å². The Kier molecular flexibility index (Phi) is 6.71. The van der Waals surface area contributed by atoms with Gasteiger partial charge in [-0.15, -0.1) is 13.2 Å². The van der Waals surface area contributed by atoms with Gasteiger partial charge in [-0.3, -0.25) is 9.69 Å². The van der Waals surface area contributed by atoms with E-state index in [0.717, 1.165) is 5.56 Å². The number of alkyl halides is 3. The maximum Gasteiger partial charge on any atom is 0.573 e. The van der Waals surface area contributed by atoms with E-state index in [1.54, 1.807) is 35.2 Å². The fraction of sp³-hybridized carbons (Fsp3) is 0.381. The zero-order chi connectivity index (χ0) is 21.7. The predicted octanol–water partition coefficient (Wildman–Crippen LogP) is 3.56. The molecule has 6 nitrogen and oxygen atoms in total. The number of nitrogens with zero attached hydrogens (tertiary/aromatic N) is 2. The predicted molar refractivity (Wildman–Crippen MR) is 104 cm³/mol. The molecule has 0 saturated carbocycles. The number of hydrogen-bond acceptors (Lipinski definition) is 5. The molecule has 0 aliphatic carbocycles. The van der Waals surface area contributed by atoms with E-state index in [1.165, 1.54) is 26.4 Å². The highest BCUT2D eigenvalue weighted by Crippen LogP contribution is 2.25. The Balaban J connectivity index is 1.55. The summed E-state index contributed by atoms with van der Waals surface area (Å²) in [5, 5.41) is 0. The lowest BCUT2D eigenvalue weighted by Crippen LogP contribution is -2.48. The Morgan fingerprint density at radius 2 is 1.47 bits per heavy atom. The number of ether oxygens (including phenoxy) is 3. The van der Waals surface area contributed by atoms with Gasteiger partial charge in [-0.25, -0.2) is 0 Å². The number of piperazine rings is 1. The molecule has 9 heteroatoms. The molecule has 0 bridgehead atoms. The van der Waals surface area contributed by atoms with E-state index in [0.29, 0.717) is 49.8 Å². The number of amides is 1. The van der Waals surface area contributed by atoms with Crippen LogP contribution in [0.5, 0.6) is 17.2 Å². The normalized spacial score (nSPS) is 15.0. The van der Waals surface area contributed by atoms with Gasteiger partial charge < -0.3 is 19.1 Å². The minimum Gasteiger partial charge on any atom is -0.497 e. The molecule has 0 spiro atoms. The first-order chi connectivity index (χ1) is 14.3. The van der Waals surface area contributed by atoms with Crippen molar-refractivity contribution in [1.29, 1.82) is 0 Å². The van der Waals surface area contributed by atoms with E-state index in [1.807, 2.05) is 0 Å². The molecule has 2 aromatic carbocycles. The average Bonchev–Trinajstić information content (AvgIpc) is 2.73. The average molecular weight is 424 g/mol. The Morgan fingerprint density at radius 1 is 0.900 bits per heavy atom. The van der Waals surface area contributed by atoms with Gasteiger partial charge in [0, 0.05) is 44.4 Å². The first kappa shape index (κ1) is 21.8. The van der Waals surface area contributed by atoms with E-state index in [9.17, 15) is 18.0 Å². The summed E-state index contributed by atoms with van der Waals surface area (Å²) in [6, 6.07) is 10.9. The molecule has 2 aromatic rings. The molecule has 1 fully saturated rings. The first-order valence-electron chi connectivity index (χ1n) is 9.37. The van der Waals surface area contributed by atoms with Crippen molar-refractivity contribution in [2.24, 2.45) is 0 Å². The van der Waals surface area contributed by atoms with Crippen LogP contribution < -0.4 is 14.2 Å². The fourth-order valence-electron chi connectivity index (χ4n) is 3.28. The first-order valence-corrected chi connectivity index (χ1v) is 9.37. The van der Waals surface area contributed by atoms with Gasteiger partial charge in [0.05, 0.1) is 14.2 Å². The van der Waals surface area contributed by atoms with Crippen molar-refractivity contribution >= 4 is 5.91 Å². The second-order valence-corrected chi connectivity index (χ2v) is 6.86. The molecular formula is C21H23F3N2O4. The van der Waals surface area contributed by atoms with Crippen molar-refractivity contribution in [3.8, 4) is 17.2 Å². The monoisotopic (exact) mass is 424 g/mol. The lowest BCUT2D eigenvalue weighted by Gasteiger charge is -2.35. The van der Waals surface area contributed by atoms with Gasteiger partial charge in [0.1, 0.15) is 17.2 Å². The molecule has 30 heavy (non-hydrogen) atoms. The van der Waals surface area contributed by atoms with Crippen LogP contribution in [0, 0.1) is 0 Å². The van der Waals surface area contributed by atoms with Crippen LogP contribution in [-0.4, -0.2) is 62.5 Å². The summed E-state index contributed by atoms with van der Waals surface area (Å²) < 4.78 is 51.1. The molecule has 1 saturated heterocycles. The van der Waals surface area contributed by atoms with E-state index < -0.39 is 6.36 Å². The van der Waals surface area contributed by atoms with Crippen molar-refractivity contribution in [3.05, 3.63) is 53.6 Å². The summed E-state index contributed by atoms with van der Waals surface area (Å²) in [5.74, 6) is 0.763. The van der Waals surface area contributed by atoms with Gasteiger partial charge in [-0.05, 0) is 29.8 Å². The topological polar surface area (TPSA) is 51.2 Å². The Hall–Kier alpha value is -2.94. The smallest absolute Gasteiger partial charge is 0.497 e. The number of carbonyl (C=O) groups excluding carboxylic acids is 1. The van der Waals surface area contributed by atoms with E-state index >= 15 is 0 Å². The Labute approximate surface area is 172 Å². The summed E-state index contributed by atoms with van der Waals surface area (Å²) >= 11 is 0. The van der Waals surface area contributed by atoms with Gasteiger partial charge in [0.2, 0.25) is 0 Å². The maximum absolute atomic E-state index is 12.8. The molecule has 1 aliphatic rings. The number of hydrogen-bond donors (Lipinski definition) is 0. The van der Waals surface area contributed by atoms with Gasteiger partial charge in [-0.1, -0.05) is 12.1 Å². The molecule has 3 rings (SSSR count). The van der Waals surface area contributed by atoms with Crippen LogP contribution in [-0.2, 0) is 6.54 Å². The molecule has 0 unspecified atom stereocenters. The molecule has 1 heterocycles. The van der Waals surface area contributed by atoms with Crippen LogP contribution in [0.25, 0.3) is 0 Å². The number of halogens is 3. The Bertz CT molecular complexity index is 841. The number of benzene rings is 2. The van der Waals surface area contributed by atoms with Gasteiger partial charge in [0.25, 0.3) is 5.91 Å². The van der Waals surface area contributed by atoms with Crippen LogP contribution in [0.3, 0.4) is 0 Å². The Morgan fingerprint density at radius 3 is 1.97 bits per heavy atom. The third kappa shape index (κ3) is 5.79. The lowest BCUT2D eigenvalue weighted by molar-refractivity contribution is -0.274. The third-order valence-electron chi connectivity index (χ3n) is 4.82. The van der Waals surface area contributed by atoms with Crippen molar-refractivity contribution in [2.75, 3.05) is 40.4 Å². The molecule has 0 atom stereocenters. The summed E-state index contributed by atoms with van der Waals surface area (Å²) in [7, 11) is 3.06. The van der Waals surface area contributed by atoms with Crippen LogP contribution in [0.2, 0.25) is 0 Å². The minimum absolute atomic E-state index is 0.0968. The molecule has 1 aliphatic heterocycles. The van der Waals surface area contributed by atoms with Crippen molar-refractivity contribution < 1.29 is 32.2 Å². The highest BCUT2D eigenvalue weighted by atomic mass is 19.4. The van der Waals surface area contributed by atoms with Gasteiger partial charge in [0.15, 0.2) is 0 Å². The largest absolute Gasteiger partial charge is 0.573 e. The summed E-state index contributed by atoms with van der Waals surface area (Å²) in [5.41, 5.74) is 1.38. The van der Waals surface area contributed by atoms with E-state index in [4.69, 9.17) is 9.47 Å². The lowest BCUT2D eigenvalue weighted by atomic mass is 10.1. The van der Waals surface area contributed by atoms with Crippen molar-refractivity contribution in [3.63, 3.8) is 0 Å². The highest BCUT2D eigenvalue weighted by molar-refractivity contribution is 5.95.